The first-order valence-corrected chi connectivity index (χ1v) is 4.66. The third-order valence-corrected chi connectivity index (χ3v) is 1.70. The van der Waals surface area contributed by atoms with Crippen molar-refractivity contribution in [1.29, 1.82) is 0 Å². The van der Waals surface area contributed by atoms with Crippen LogP contribution in [0.5, 0.6) is 0 Å². The number of hydrogen-bond acceptors (Lipinski definition) is 4. The van der Waals surface area contributed by atoms with Crippen LogP contribution >= 0.6 is 0 Å². The van der Waals surface area contributed by atoms with E-state index in [-0.39, 0.29) is 5.91 Å². The standard InChI is InChI=1S/C9H15N3O2/c1-3-10-4-5-11-9(13)8-6-7(2)14-12-8/h6,10H,3-5H2,1-2H3,(H,11,13). The fraction of sp³-hybridized carbons (Fsp3) is 0.556. The molecular formula is C9H15N3O2. The van der Waals surface area contributed by atoms with E-state index in [9.17, 15) is 4.79 Å². The maximum Gasteiger partial charge on any atom is 0.273 e. The molecule has 0 saturated carbocycles. The van der Waals surface area contributed by atoms with Gasteiger partial charge in [-0.1, -0.05) is 12.1 Å². The molecule has 0 aliphatic rings. The monoisotopic (exact) mass is 197 g/mol. The van der Waals surface area contributed by atoms with Crippen LogP contribution < -0.4 is 10.6 Å². The van der Waals surface area contributed by atoms with Gasteiger partial charge in [-0.25, -0.2) is 0 Å². The Bertz CT molecular complexity index is 296. The van der Waals surface area contributed by atoms with Crippen molar-refractivity contribution >= 4 is 5.91 Å². The second kappa shape index (κ2) is 5.39. The Morgan fingerprint density at radius 1 is 1.57 bits per heavy atom. The predicted octanol–water partition coefficient (Wildman–Crippen LogP) is 0.322. The van der Waals surface area contributed by atoms with Crippen molar-refractivity contribution in [3.8, 4) is 0 Å². The molecule has 0 aliphatic heterocycles. The van der Waals surface area contributed by atoms with Gasteiger partial charge in [0.15, 0.2) is 5.69 Å². The average molecular weight is 197 g/mol. The summed E-state index contributed by atoms with van der Waals surface area (Å²) in [4.78, 5) is 11.4. The Kier molecular flexibility index (Phi) is 4.12. The van der Waals surface area contributed by atoms with Gasteiger partial charge in [0.1, 0.15) is 5.76 Å². The second-order valence-corrected chi connectivity index (χ2v) is 2.93. The normalized spacial score (nSPS) is 10.1. The van der Waals surface area contributed by atoms with Crippen LogP contribution in [0.1, 0.15) is 23.2 Å². The molecule has 0 atom stereocenters. The van der Waals surface area contributed by atoms with Crippen molar-refractivity contribution < 1.29 is 9.32 Å². The number of carbonyl (C=O) groups is 1. The molecule has 2 N–H and O–H groups in total. The van der Waals surface area contributed by atoms with E-state index in [1.54, 1.807) is 13.0 Å². The molecule has 0 spiro atoms. The SMILES string of the molecule is CCNCCNC(=O)c1cc(C)on1. The summed E-state index contributed by atoms with van der Waals surface area (Å²) in [5.74, 6) is 0.446. The highest BCUT2D eigenvalue weighted by molar-refractivity contribution is 5.92. The lowest BCUT2D eigenvalue weighted by Crippen LogP contribution is -2.31. The van der Waals surface area contributed by atoms with E-state index in [4.69, 9.17) is 4.52 Å². The van der Waals surface area contributed by atoms with Crippen molar-refractivity contribution in [3.63, 3.8) is 0 Å². The zero-order valence-corrected chi connectivity index (χ0v) is 8.46. The van der Waals surface area contributed by atoms with Gasteiger partial charge >= 0.3 is 0 Å². The summed E-state index contributed by atoms with van der Waals surface area (Å²) in [5, 5.41) is 9.43. The van der Waals surface area contributed by atoms with Crippen LogP contribution in [0.4, 0.5) is 0 Å². The highest BCUT2D eigenvalue weighted by Crippen LogP contribution is 2.00. The van der Waals surface area contributed by atoms with E-state index >= 15 is 0 Å². The topological polar surface area (TPSA) is 67.2 Å². The number of aromatic nitrogens is 1. The molecule has 0 saturated heterocycles. The summed E-state index contributed by atoms with van der Waals surface area (Å²) in [6, 6.07) is 1.61. The Balaban J connectivity index is 2.29. The smallest absolute Gasteiger partial charge is 0.273 e. The molecule has 1 amide bonds. The Morgan fingerprint density at radius 2 is 2.36 bits per heavy atom. The largest absolute Gasteiger partial charge is 0.361 e. The lowest BCUT2D eigenvalue weighted by molar-refractivity contribution is 0.0945. The molecule has 0 unspecified atom stereocenters. The van der Waals surface area contributed by atoms with Crippen LogP contribution in [0.25, 0.3) is 0 Å². The van der Waals surface area contributed by atoms with E-state index in [1.807, 2.05) is 6.92 Å². The fourth-order valence-corrected chi connectivity index (χ4v) is 1.01. The third kappa shape index (κ3) is 3.18. The molecule has 1 aromatic rings. The molecule has 1 heterocycles. The number of hydrogen-bond donors (Lipinski definition) is 2. The van der Waals surface area contributed by atoms with Crippen LogP contribution in [0.3, 0.4) is 0 Å². The summed E-state index contributed by atoms with van der Waals surface area (Å²) < 4.78 is 4.79. The van der Waals surface area contributed by atoms with Gasteiger partial charge in [-0.2, -0.15) is 0 Å². The maximum atomic E-state index is 11.4. The first-order chi connectivity index (χ1) is 6.74. The molecule has 78 valence electrons. The van der Waals surface area contributed by atoms with Gasteiger partial charge < -0.3 is 15.2 Å². The van der Waals surface area contributed by atoms with E-state index in [2.05, 4.69) is 15.8 Å². The first kappa shape index (κ1) is 10.7. The zero-order valence-electron chi connectivity index (χ0n) is 8.46. The van der Waals surface area contributed by atoms with Crippen molar-refractivity contribution in [2.75, 3.05) is 19.6 Å². The van der Waals surface area contributed by atoms with Gasteiger partial charge in [-0.3, -0.25) is 4.79 Å². The lowest BCUT2D eigenvalue weighted by atomic mass is 10.3. The summed E-state index contributed by atoms with van der Waals surface area (Å²) in [7, 11) is 0. The van der Waals surface area contributed by atoms with Gasteiger partial charge in [0.25, 0.3) is 5.91 Å². The van der Waals surface area contributed by atoms with Crippen molar-refractivity contribution in [2.45, 2.75) is 13.8 Å². The Hall–Kier alpha value is -1.36. The van der Waals surface area contributed by atoms with Gasteiger partial charge in [-0.05, 0) is 13.5 Å². The lowest BCUT2D eigenvalue weighted by Gasteiger charge is -2.02. The van der Waals surface area contributed by atoms with Gasteiger partial charge in [0.05, 0.1) is 0 Å². The molecule has 5 heteroatoms. The van der Waals surface area contributed by atoms with Crippen molar-refractivity contribution in [2.24, 2.45) is 0 Å². The highest BCUT2D eigenvalue weighted by Gasteiger charge is 2.09. The zero-order chi connectivity index (χ0) is 10.4. The molecule has 0 bridgehead atoms. The first-order valence-electron chi connectivity index (χ1n) is 4.66. The number of amides is 1. The quantitative estimate of drug-likeness (QED) is 0.667. The number of aryl methyl sites for hydroxylation is 1. The van der Waals surface area contributed by atoms with E-state index in [1.165, 1.54) is 0 Å². The molecule has 0 radical (unpaired) electrons. The second-order valence-electron chi connectivity index (χ2n) is 2.93. The van der Waals surface area contributed by atoms with Crippen LogP contribution in [0.2, 0.25) is 0 Å². The minimum Gasteiger partial charge on any atom is -0.361 e. The highest BCUT2D eigenvalue weighted by atomic mass is 16.5. The molecule has 5 nitrogen and oxygen atoms in total. The average Bonchev–Trinajstić information content (AvgIpc) is 2.59. The Labute approximate surface area is 82.8 Å². The maximum absolute atomic E-state index is 11.4. The minimum atomic E-state index is -0.195. The van der Waals surface area contributed by atoms with Gasteiger partial charge in [0, 0.05) is 19.2 Å². The van der Waals surface area contributed by atoms with Gasteiger partial charge in [-0.15, -0.1) is 0 Å². The molecule has 1 rings (SSSR count). The summed E-state index contributed by atoms with van der Waals surface area (Å²) >= 11 is 0. The molecule has 1 aromatic heterocycles. The molecule has 0 fully saturated rings. The number of likely N-dealkylation sites (N-methyl/N-ethyl adjacent to an activating group) is 1. The number of carbonyl (C=O) groups excluding carboxylic acids is 1. The van der Waals surface area contributed by atoms with Gasteiger partial charge in [0.2, 0.25) is 0 Å². The summed E-state index contributed by atoms with van der Waals surface area (Å²) in [6.07, 6.45) is 0. The number of nitrogens with one attached hydrogen (secondary N) is 2. The van der Waals surface area contributed by atoms with Crippen molar-refractivity contribution in [3.05, 3.63) is 17.5 Å². The van der Waals surface area contributed by atoms with E-state index in [0.717, 1.165) is 13.1 Å². The molecule has 0 aromatic carbocycles. The van der Waals surface area contributed by atoms with Crippen LogP contribution in [-0.2, 0) is 0 Å². The Morgan fingerprint density at radius 3 is 2.93 bits per heavy atom. The number of nitrogens with zero attached hydrogens (tertiary/aromatic N) is 1. The van der Waals surface area contributed by atoms with E-state index < -0.39 is 0 Å². The molecule has 14 heavy (non-hydrogen) atoms. The summed E-state index contributed by atoms with van der Waals surface area (Å²) in [5.41, 5.74) is 0.332. The summed E-state index contributed by atoms with van der Waals surface area (Å²) in [6.45, 7) is 6.03. The van der Waals surface area contributed by atoms with Crippen LogP contribution in [0.15, 0.2) is 10.6 Å². The van der Waals surface area contributed by atoms with Crippen LogP contribution in [-0.4, -0.2) is 30.7 Å². The molecular weight excluding hydrogens is 182 g/mol. The van der Waals surface area contributed by atoms with E-state index in [0.29, 0.717) is 18.0 Å². The third-order valence-electron chi connectivity index (χ3n) is 1.70. The minimum absolute atomic E-state index is 0.195. The predicted molar refractivity (Wildman–Crippen MR) is 52.1 cm³/mol. The molecule has 0 aliphatic carbocycles. The van der Waals surface area contributed by atoms with Crippen molar-refractivity contribution in [1.82, 2.24) is 15.8 Å². The van der Waals surface area contributed by atoms with Crippen LogP contribution in [0, 0.1) is 6.92 Å². The fourth-order valence-electron chi connectivity index (χ4n) is 1.01. The number of rotatable bonds is 5.